The molecule has 48 valence electrons. The molecular formula is C8H11N. The number of nitrogens with two attached hydrogens (primary N) is 1. The summed E-state index contributed by atoms with van der Waals surface area (Å²) in [6.07, 6.45) is 12.1. The second-order valence-corrected chi connectivity index (χ2v) is 2.09. The Hall–Kier alpha value is -0.980. The average molecular weight is 121 g/mol. The Balaban J connectivity index is 2.62. The zero-order valence-electron chi connectivity index (χ0n) is 5.38. The molecule has 0 bridgehead atoms. The van der Waals surface area contributed by atoms with Crippen LogP contribution in [0.1, 0.15) is 12.8 Å². The van der Waals surface area contributed by atoms with E-state index in [2.05, 4.69) is 6.08 Å². The molecule has 1 aliphatic carbocycles. The molecule has 2 N–H and O–H groups in total. The monoisotopic (exact) mass is 121 g/mol. The fraction of sp³-hybridized carbons (Fsp3) is 0.250. The lowest BCUT2D eigenvalue weighted by molar-refractivity contribution is 0.958. The van der Waals surface area contributed by atoms with Crippen LogP contribution < -0.4 is 5.73 Å². The highest BCUT2D eigenvalue weighted by atomic mass is 14.6. The van der Waals surface area contributed by atoms with Crippen molar-refractivity contribution in [3.63, 3.8) is 0 Å². The molecule has 0 spiro atoms. The predicted molar refractivity (Wildman–Crippen MR) is 39.8 cm³/mol. The summed E-state index contributed by atoms with van der Waals surface area (Å²) >= 11 is 0. The van der Waals surface area contributed by atoms with E-state index in [-0.39, 0.29) is 0 Å². The van der Waals surface area contributed by atoms with Gasteiger partial charge in [-0.25, -0.2) is 0 Å². The maximum Gasteiger partial charge on any atom is 0.00835 e. The van der Waals surface area contributed by atoms with Gasteiger partial charge in [0, 0.05) is 5.70 Å². The van der Waals surface area contributed by atoms with Gasteiger partial charge in [0.15, 0.2) is 0 Å². The molecule has 0 aromatic rings. The zero-order valence-corrected chi connectivity index (χ0v) is 5.38. The fourth-order valence-electron chi connectivity index (χ4n) is 0.751. The summed E-state index contributed by atoms with van der Waals surface area (Å²) < 4.78 is 0. The molecule has 0 unspecified atom stereocenters. The molecule has 0 saturated heterocycles. The van der Waals surface area contributed by atoms with Crippen LogP contribution in [0.2, 0.25) is 0 Å². The molecule has 0 heterocycles. The van der Waals surface area contributed by atoms with E-state index in [4.69, 9.17) is 5.73 Å². The molecule has 0 amide bonds. The summed E-state index contributed by atoms with van der Waals surface area (Å²) in [5, 5.41) is 0. The first-order valence-corrected chi connectivity index (χ1v) is 3.17. The Bertz CT molecular complexity index is 163. The van der Waals surface area contributed by atoms with Crippen molar-refractivity contribution in [2.45, 2.75) is 12.8 Å². The van der Waals surface area contributed by atoms with Gasteiger partial charge in [-0.05, 0) is 18.9 Å². The molecule has 0 aliphatic heterocycles. The average Bonchev–Trinajstić information content (AvgIpc) is 1.79. The maximum atomic E-state index is 5.58. The lowest BCUT2D eigenvalue weighted by Gasteiger charge is -1.96. The van der Waals surface area contributed by atoms with Crippen molar-refractivity contribution in [2.24, 2.45) is 5.73 Å². The molecule has 1 aliphatic rings. The molecule has 1 heteroatoms. The Labute approximate surface area is 55.6 Å². The highest BCUT2D eigenvalue weighted by molar-refractivity contribution is 5.17. The van der Waals surface area contributed by atoms with E-state index in [1.54, 1.807) is 0 Å². The lowest BCUT2D eigenvalue weighted by atomic mass is 10.2. The van der Waals surface area contributed by atoms with Gasteiger partial charge < -0.3 is 5.73 Å². The fourth-order valence-corrected chi connectivity index (χ4v) is 0.751. The summed E-state index contributed by atoms with van der Waals surface area (Å²) in [5.41, 5.74) is 6.55. The Kier molecular flexibility index (Phi) is 2.13. The largest absolute Gasteiger partial charge is 0.402 e. The molecule has 1 rings (SSSR count). The van der Waals surface area contributed by atoms with Crippen molar-refractivity contribution in [2.75, 3.05) is 0 Å². The van der Waals surface area contributed by atoms with Gasteiger partial charge in [0.05, 0.1) is 0 Å². The smallest absolute Gasteiger partial charge is 0.00835 e. The van der Waals surface area contributed by atoms with E-state index < -0.39 is 0 Å². The second-order valence-electron chi connectivity index (χ2n) is 2.09. The number of hydrogen-bond donors (Lipinski definition) is 1. The molecule has 0 aromatic carbocycles. The van der Waals surface area contributed by atoms with Crippen LogP contribution in [-0.2, 0) is 0 Å². The summed E-state index contributed by atoms with van der Waals surface area (Å²) in [6.45, 7) is 0. The van der Waals surface area contributed by atoms with E-state index in [0.717, 1.165) is 18.5 Å². The quantitative estimate of drug-likeness (QED) is 0.519. The van der Waals surface area contributed by atoms with Gasteiger partial charge in [-0.1, -0.05) is 24.3 Å². The van der Waals surface area contributed by atoms with Gasteiger partial charge in [0.1, 0.15) is 0 Å². The van der Waals surface area contributed by atoms with Crippen molar-refractivity contribution in [3.05, 3.63) is 36.1 Å². The SMILES string of the molecule is NC1=CC=CC=CCC1. The van der Waals surface area contributed by atoms with Crippen molar-refractivity contribution in [3.8, 4) is 0 Å². The molecule has 0 atom stereocenters. The van der Waals surface area contributed by atoms with Crippen LogP contribution in [0.5, 0.6) is 0 Å². The van der Waals surface area contributed by atoms with Crippen LogP contribution in [0.3, 0.4) is 0 Å². The van der Waals surface area contributed by atoms with E-state index in [1.165, 1.54) is 0 Å². The number of allylic oxidation sites excluding steroid dienone is 6. The van der Waals surface area contributed by atoms with Crippen molar-refractivity contribution in [1.82, 2.24) is 0 Å². The topological polar surface area (TPSA) is 26.0 Å². The van der Waals surface area contributed by atoms with Gasteiger partial charge >= 0.3 is 0 Å². The second kappa shape index (κ2) is 3.13. The van der Waals surface area contributed by atoms with Crippen LogP contribution in [0.4, 0.5) is 0 Å². The van der Waals surface area contributed by atoms with Crippen molar-refractivity contribution < 1.29 is 0 Å². The molecule has 0 saturated carbocycles. The highest BCUT2D eigenvalue weighted by Gasteiger charge is 1.86. The van der Waals surface area contributed by atoms with Gasteiger partial charge in [0.25, 0.3) is 0 Å². The summed E-state index contributed by atoms with van der Waals surface area (Å²) in [7, 11) is 0. The van der Waals surface area contributed by atoms with Gasteiger partial charge in [-0.2, -0.15) is 0 Å². The molecule has 0 radical (unpaired) electrons. The first-order chi connectivity index (χ1) is 4.39. The third-order valence-electron chi connectivity index (χ3n) is 1.27. The Morgan fingerprint density at radius 2 is 2.11 bits per heavy atom. The van der Waals surface area contributed by atoms with Crippen LogP contribution in [0.25, 0.3) is 0 Å². The molecule has 0 fully saturated rings. The molecular weight excluding hydrogens is 110 g/mol. The van der Waals surface area contributed by atoms with Gasteiger partial charge in [-0.15, -0.1) is 0 Å². The van der Waals surface area contributed by atoms with Gasteiger partial charge in [0.2, 0.25) is 0 Å². The van der Waals surface area contributed by atoms with E-state index in [0.29, 0.717) is 0 Å². The molecule has 9 heavy (non-hydrogen) atoms. The van der Waals surface area contributed by atoms with Crippen molar-refractivity contribution >= 4 is 0 Å². The number of rotatable bonds is 0. The van der Waals surface area contributed by atoms with Crippen LogP contribution in [0.15, 0.2) is 36.1 Å². The van der Waals surface area contributed by atoms with Gasteiger partial charge in [-0.3, -0.25) is 0 Å². The minimum atomic E-state index is 0.968. The van der Waals surface area contributed by atoms with Crippen LogP contribution in [-0.4, -0.2) is 0 Å². The third-order valence-corrected chi connectivity index (χ3v) is 1.27. The first kappa shape index (κ1) is 6.14. The van der Waals surface area contributed by atoms with E-state index >= 15 is 0 Å². The highest BCUT2D eigenvalue weighted by Crippen LogP contribution is 2.02. The maximum absolute atomic E-state index is 5.58. The van der Waals surface area contributed by atoms with E-state index in [1.807, 2.05) is 24.3 Å². The minimum Gasteiger partial charge on any atom is -0.402 e. The zero-order chi connectivity index (χ0) is 6.53. The Morgan fingerprint density at radius 1 is 1.22 bits per heavy atom. The summed E-state index contributed by atoms with van der Waals surface area (Å²) in [5.74, 6) is 0. The standard InChI is InChI=1S/C8H11N/c9-8-6-4-2-1-3-5-7-8/h1-4,6H,5,7,9H2. The Morgan fingerprint density at radius 3 is 3.00 bits per heavy atom. The molecule has 1 nitrogen and oxygen atoms in total. The summed E-state index contributed by atoms with van der Waals surface area (Å²) in [4.78, 5) is 0. The predicted octanol–water partition coefficient (Wildman–Crippen LogP) is 1.74. The minimum absolute atomic E-state index is 0.968. The van der Waals surface area contributed by atoms with Crippen LogP contribution >= 0.6 is 0 Å². The third kappa shape index (κ3) is 2.17. The van der Waals surface area contributed by atoms with Crippen molar-refractivity contribution in [1.29, 1.82) is 0 Å². The first-order valence-electron chi connectivity index (χ1n) is 3.17. The normalized spacial score (nSPS) is 18.4. The van der Waals surface area contributed by atoms with E-state index in [9.17, 15) is 0 Å². The number of hydrogen-bond acceptors (Lipinski definition) is 1. The molecule has 0 aromatic heterocycles. The lowest BCUT2D eigenvalue weighted by Crippen LogP contribution is -1.95. The summed E-state index contributed by atoms with van der Waals surface area (Å²) in [6, 6.07) is 0. The van der Waals surface area contributed by atoms with Crippen LogP contribution in [0, 0.1) is 0 Å².